The van der Waals surface area contributed by atoms with Gasteiger partial charge in [0.05, 0.1) is 10.2 Å². The molecule has 0 spiro atoms. The standard InChI is InChI=1S/C15H11FN2O2S/c16-10-3-1-9(2-4-10)8-17-14(20)15-18-12-6-5-11(19)7-13(12)21-15/h1-7,19H,8H2,(H,17,20). The predicted octanol–water partition coefficient (Wildman–Crippen LogP) is 3.07. The third-order valence-corrected chi connectivity index (χ3v) is 3.95. The van der Waals surface area contributed by atoms with Gasteiger partial charge in [-0.3, -0.25) is 4.79 Å². The molecule has 6 heteroatoms. The molecule has 0 aliphatic rings. The summed E-state index contributed by atoms with van der Waals surface area (Å²) >= 11 is 1.21. The van der Waals surface area contributed by atoms with Crippen molar-refractivity contribution in [2.24, 2.45) is 0 Å². The van der Waals surface area contributed by atoms with Gasteiger partial charge in [0.15, 0.2) is 5.01 Å². The summed E-state index contributed by atoms with van der Waals surface area (Å²) in [5, 5.41) is 12.5. The number of benzene rings is 2. The molecule has 1 amide bonds. The highest BCUT2D eigenvalue weighted by atomic mass is 32.1. The normalized spacial score (nSPS) is 10.7. The number of thiazole rings is 1. The number of phenols is 1. The number of hydrogen-bond donors (Lipinski definition) is 2. The van der Waals surface area contributed by atoms with E-state index in [0.717, 1.165) is 10.3 Å². The fraction of sp³-hybridized carbons (Fsp3) is 0.0667. The molecule has 106 valence electrons. The highest BCUT2D eigenvalue weighted by Crippen LogP contribution is 2.25. The Hall–Kier alpha value is -2.47. The van der Waals surface area contributed by atoms with E-state index in [2.05, 4.69) is 10.3 Å². The highest BCUT2D eigenvalue weighted by molar-refractivity contribution is 7.20. The zero-order valence-electron chi connectivity index (χ0n) is 10.8. The van der Waals surface area contributed by atoms with E-state index in [1.54, 1.807) is 24.3 Å². The quantitative estimate of drug-likeness (QED) is 0.781. The van der Waals surface area contributed by atoms with Crippen molar-refractivity contribution in [2.45, 2.75) is 6.54 Å². The minimum absolute atomic E-state index is 0.143. The second kappa shape index (κ2) is 5.49. The molecule has 0 aliphatic heterocycles. The summed E-state index contributed by atoms with van der Waals surface area (Å²) in [7, 11) is 0. The van der Waals surface area contributed by atoms with Gasteiger partial charge in [0, 0.05) is 6.54 Å². The molecule has 21 heavy (non-hydrogen) atoms. The number of carbonyl (C=O) groups excluding carboxylic acids is 1. The summed E-state index contributed by atoms with van der Waals surface area (Å²) < 4.78 is 13.5. The summed E-state index contributed by atoms with van der Waals surface area (Å²) in [4.78, 5) is 16.3. The molecule has 0 unspecified atom stereocenters. The van der Waals surface area contributed by atoms with Crippen LogP contribution in [0.3, 0.4) is 0 Å². The molecular weight excluding hydrogens is 291 g/mol. The van der Waals surface area contributed by atoms with Gasteiger partial charge in [-0.05, 0) is 35.9 Å². The Bertz CT molecular complexity index is 799. The Balaban J connectivity index is 1.73. The van der Waals surface area contributed by atoms with Gasteiger partial charge in [0.2, 0.25) is 0 Å². The Morgan fingerprint density at radius 2 is 2.00 bits per heavy atom. The van der Waals surface area contributed by atoms with Crippen LogP contribution in [0.15, 0.2) is 42.5 Å². The van der Waals surface area contributed by atoms with E-state index >= 15 is 0 Å². The van der Waals surface area contributed by atoms with Crippen molar-refractivity contribution in [2.75, 3.05) is 0 Å². The first kappa shape index (κ1) is 13.5. The fourth-order valence-corrected chi connectivity index (χ4v) is 2.79. The van der Waals surface area contributed by atoms with Gasteiger partial charge in [0.1, 0.15) is 11.6 Å². The highest BCUT2D eigenvalue weighted by Gasteiger charge is 2.12. The van der Waals surface area contributed by atoms with E-state index in [0.29, 0.717) is 17.1 Å². The number of nitrogens with one attached hydrogen (secondary N) is 1. The molecule has 0 atom stereocenters. The number of phenolic OH excluding ortho intramolecular Hbond substituents is 1. The molecule has 0 radical (unpaired) electrons. The molecule has 0 saturated carbocycles. The van der Waals surface area contributed by atoms with Crippen LogP contribution < -0.4 is 5.32 Å². The predicted molar refractivity (Wildman–Crippen MR) is 78.9 cm³/mol. The molecular formula is C15H11FN2O2S. The maximum Gasteiger partial charge on any atom is 0.280 e. The minimum Gasteiger partial charge on any atom is -0.508 e. The lowest BCUT2D eigenvalue weighted by atomic mass is 10.2. The summed E-state index contributed by atoms with van der Waals surface area (Å²) in [6, 6.07) is 10.7. The average molecular weight is 302 g/mol. The Morgan fingerprint density at radius 3 is 2.76 bits per heavy atom. The summed E-state index contributed by atoms with van der Waals surface area (Å²) in [6.07, 6.45) is 0. The Labute approximate surface area is 123 Å². The van der Waals surface area contributed by atoms with Crippen molar-refractivity contribution in [1.82, 2.24) is 10.3 Å². The van der Waals surface area contributed by atoms with Crippen LogP contribution in [0, 0.1) is 5.82 Å². The van der Waals surface area contributed by atoms with Crippen molar-refractivity contribution < 1.29 is 14.3 Å². The fourth-order valence-electron chi connectivity index (χ4n) is 1.87. The lowest BCUT2D eigenvalue weighted by Crippen LogP contribution is -2.22. The van der Waals surface area contributed by atoms with Gasteiger partial charge in [-0.15, -0.1) is 11.3 Å². The number of fused-ring (bicyclic) bond motifs is 1. The maximum absolute atomic E-state index is 12.8. The molecule has 4 nitrogen and oxygen atoms in total. The molecule has 0 fully saturated rings. The van der Waals surface area contributed by atoms with Crippen molar-refractivity contribution in [1.29, 1.82) is 0 Å². The molecule has 2 N–H and O–H groups in total. The third-order valence-electron chi connectivity index (χ3n) is 2.93. The third kappa shape index (κ3) is 3.00. The van der Waals surface area contributed by atoms with Crippen LogP contribution >= 0.6 is 11.3 Å². The van der Waals surface area contributed by atoms with E-state index in [4.69, 9.17) is 0 Å². The van der Waals surface area contributed by atoms with Gasteiger partial charge < -0.3 is 10.4 Å². The van der Waals surface area contributed by atoms with Gasteiger partial charge in [0.25, 0.3) is 5.91 Å². The van der Waals surface area contributed by atoms with Crippen molar-refractivity contribution >= 4 is 27.5 Å². The summed E-state index contributed by atoms with van der Waals surface area (Å²) in [5.41, 5.74) is 1.48. The van der Waals surface area contributed by atoms with Crippen molar-refractivity contribution in [3.63, 3.8) is 0 Å². The first-order valence-electron chi connectivity index (χ1n) is 6.24. The number of hydrogen-bond acceptors (Lipinski definition) is 4. The Kier molecular flexibility index (Phi) is 3.53. The second-order valence-corrected chi connectivity index (χ2v) is 5.51. The lowest BCUT2D eigenvalue weighted by molar-refractivity contribution is 0.0950. The molecule has 3 rings (SSSR count). The van der Waals surface area contributed by atoms with Gasteiger partial charge >= 0.3 is 0 Å². The molecule has 2 aromatic carbocycles. The molecule has 1 aromatic heterocycles. The number of rotatable bonds is 3. The van der Waals surface area contributed by atoms with Gasteiger partial charge in [-0.1, -0.05) is 12.1 Å². The lowest BCUT2D eigenvalue weighted by Gasteiger charge is -2.02. The molecule has 0 bridgehead atoms. The van der Waals surface area contributed by atoms with Crippen LogP contribution in [0.2, 0.25) is 0 Å². The maximum atomic E-state index is 12.8. The molecule has 1 heterocycles. The van der Waals surface area contributed by atoms with Crippen LogP contribution in [0.4, 0.5) is 4.39 Å². The van der Waals surface area contributed by atoms with E-state index in [9.17, 15) is 14.3 Å². The Morgan fingerprint density at radius 1 is 1.24 bits per heavy atom. The molecule has 3 aromatic rings. The number of amides is 1. The number of carbonyl (C=O) groups is 1. The van der Waals surface area contributed by atoms with E-state index < -0.39 is 0 Å². The van der Waals surface area contributed by atoms with Crippen LogP contribution in [0.25, 0.3) is 10.2 Å². The first-order chi connectivity index (χ1) is 10.1. The number of aromatic hydroxyl groups is 1. The molecule has 0 aliphatic carbocycles. The minimum atomic E-state index is -0.309. The van der Waals surface area contributed by atoms with E-state index in [1.165, 1.54) is 29.5 Å². The monoisotopic (exact) mass is 302 g/mol. The zero-order chi connectivity index (χ0) is 14.8. The number of nitrogens with zero attached hydrogens (tertiary/aromatic N) is 1. The van der Waals surface area contributed by atoms with Crippen LogP contribution in [0.5, 0.6) is 5.75 Å². The van der Waals surface area contributed by atoms with Gasteiger partial charge in [-0.2, -0.15) is 0 Å². The summed E-state index contributed by atoms with van der Waals surface area (Å²) in [6.45, 7) is 0.306. The topological polar surface area (TPSA) is 62.2 Å². The summed E-state index contributed by atoms with van der Waals surface area (Å²) in [5.74, 6) is -0.458. The van der Waals surface area contributed by atoms with E-state index in [1.807, 2.05) is 0 Å². The number of aromatic nitrogens is 1. The van der Waals surface area contributed by atoms with E-state index in [-0.39, 0.29) is 17.5 Å². The van der Waals surface area contributed by atoms with Crippen LogP contribution in [0.1, 0.15) is 15.4 Å². The largest absolute Gasteiger partial charge is 0.508 e. The zero-order valence-corrected chi connectivity index (χ0v) is 11.7. The van der Waals surface area contributed by atoms with Crippen molar-refractivity contribution in [3.8, 4) is 5.75 Å². The smallest absolute Gasteiger partial charge is 0.280 e. The molecule has 0 saturated heterocycles. The SMILES string of the molecule is O=C(NCc1ccc(F)cc1)c1nc2ccc(O)cc2s1. The number of halogens is 1. The van der Waals surface area contributed by atoms with Gasteiger partial charge in [-0.25, -0.2) is 9.37 Å². The van der Waals surface area contributed by atoms with Crippen LogP contribution in [-0.4, -0.2) is 16.0 Å². The van der Waals surface area contributed by atoms with Crippen LogP contribution in [-0.2, 0) is 6.54 Å². The first-order valence-corrected chi connectivity index (χ1v) is 7.06. The average Bonchev–Trinajstić information content (AvgIpc) is 2.89. The second-order valence-electron chi connectivity index (χ2n) is 4.48. The van der Waals surface area contributed by atoms with Crippen molar-refractivity contribution in [3.05, 3.63) is 58.9 Å².